The molecule has 34 heavy (non-hydrogen) atoms. The zero-order valence-corrected chi connectivity index (χ0v) is 21.4. The Morgan fingerprint density at radius 1 is 0.853 bits per heavy atom. The maximum atomic E-state index is 6.19. The lowest BCUT2D eigenvalue weighted by Crippen LogP contribution is -2.46. The number of hydrogen-bond donors (Lipinski definition) is 0. The third-order valence-corrected chi connectivity index (χ3v) is 6.45. The maximum absolute atomic E-state index is 6.19. The molecule has 3 aromatic carbocycles. The van der Waals surface area contributed by atoms with E-state index in [1.807, 2.05) is 24.3 Å². The number of benzene rings is 3. The molecule has 1 fully saturated rings. The molecule has 0 atom stereocenters. The summed E-state index contributed by atoms with van der Waals surface area (Å²) < 4.78 is 11.5. The van der Waals surface area contributed by atoms with E-state index < -0.39 is 0 Å². The van der Waals surface area contributed by atoms with Gasteiger partial charge in [-0.1, -0.05) is 48.0 Å². The van der Waals surface area contributed by atoms with Gasteiger partial charge in [-0.25, -0.2) is 0 Å². The Kier molecular flexibility index (Phi) is 10.4. The minimum absolute atomic E-state index is 0. The van der Waals surface area contributed by atoms with Crippen LogP contribution in [0.5, 0.6) is 11.5 Å². The van der Waals surface area contributed by atoms with Crippen molar-refractivity contribution >= 4 is 29.7 Å². The summed E-state index contributed by atoms with van der Waals surface area (Å²) in [4.78, 5) is 4.94. The molecular formula is C28H34Cl2N2O2. The molecule has 0 saturated carbocycles. The fraction of sp³-hybridized carbons (Fsp3) is 0.357. The van der Waals surface area contributed by atoms with Crippen LogP contribution < -0.4 is 14.4 Å². The standard InChI is InChI=1S/C28H33ClN2O2.ClH/c1-32-27-11-4-7-23(21-27)13-14-24-8-2-3-12-28(24)33-20-6-15-30-16-18-31(19-17-30)26-10-5-9-25(29)22-26;/h2-5,7-12,21-22H,6,13-20H2,1H3;1H. The van der Waals surface area contributed by atoms with Crippen molar-refractivity contribution in [2.45, 2.75) is 19.3 Å². The van der Waals surface area contributed by atoms with Crippen molar-refractivity contribution in [2.24, 2.45) is 0 Å². The van der Waals surface area contributed by atoms with E-state index in [4.69, 9.17) is 21.1 Å². The molecule has 4 nitrogen and oxygen atoms in total. The molecule has 1 saturated heterocycles. The van der Waals surface area contributed by atoms with Gasteiger partial charge in [-0.3, -0.25) is 4.90 Å². The van der Waals surface area contributed by atoms with Crippen LogP contribution in [0.15, 0.2) is 72.8 Å². The predicted molar refractivity (Wildman–Crippen MR) is 144 cm³/mol. The van der Waals surface area contributed by atoms with Crippen LogP contribution in [0.1, 0.15) is 17.5 Å². The lowest BCUT2D eigenvalue weighted by Gasteiger charge is -2.36. The Morgan fingerprint density at radius 2 is 1.65 bits per heavy atom. The van der Waals surface area contributed by atoms with Crippen LogP contribution in [0.2, 0.25) is 5.02 Å². The molecule has 0 N–H and O–H groups in total. The molecule has 0 radical (unpaired) electrons. The summed E-state index contributed by atoms with van der Waals surface area (Å²) >= 11 is 6.15. The summed E-state index contributed by atoms with van der Waals surface area (Å²) in [5, 5.41) is 0.802. The molecule has 4 rings (SSSR count). The first-order chi connectivity index (χ1) is 16.2. The van der Waals surface area contributed by atoms with Crippen molar-refractivity contribution in [1.29, 1.82) is 0 Å². The lowest BCUT2D eigenvalue weighted by molar-refractivity contribution is 0.224. The van der Waals surface area contributed by atoms with Crippen LogP contribution in [0, 0.1) is 0 Å². The van der Waals surface area contributed by atoms with Gasteiger partial charge in [0.25, 0.3) is 0 Å². The lowest BCUT2D eigenvalue weighted by atomic mass is 10.0. The first kappa shape index (κ1) is 26.2. The number of methoxy groups -OCH3 is 1. The molecule has 0 amide bonds. The molecule has 6 heteroatoms. The molecule has 1 heterocycles. The number of nitrogens with zero attached hydrogens (tertiary/aromatic N) is 2. The van der Waals surface area contributed by atoms with E-state index >= 15 is 0 Å². The van der Waals surface area contributed by atoms with E-state index in [1.54, 1.807) is 7.11 Å². The molecule has 0 aliphatic carbocycles. The molecule has 3 aromatic rings. The Bertz CT molecular complexity index is 1020. The van der Waals surface area contributed by atoms with Crippen molar-refractivity contribution in [2.75, 3.05) is 51.3 Å². The Labute approximate surface area is 214 Å². The molecule has 1 aliphatic heterocycles. The zero-order valence-electron chi connectivity index (χ0n) is 19.8. The van der Waals surface area contributed by atoms with E-state index in [1.165, 1.54) is 16.8 Å². The summed E-state index contributed by atoms with van der Waals surface area (Å²) in [6.45, 7) is 6.02. The highest BCUT2D eigenvalue weighted by Crippen LogP contribution is 2.23. The van der Waals surface area contributed by atoms with Crippen LogP contribution in [-0.4, -0.2) is 51.3 Å². The largest absolute Gasteiger partial charge is 0.497 e. The number of hydrogen-bond acceptors (Lipinski definition) is 4. The number of rotatable bonds is 10. The third kappa shape index (κ3) is 7.56. The smallest absolute Gasteiger partial charge is 0.122 e. The fourth-order valence-corrected chi connectivity index (χ4v) is 4.52. The van der Waals surface area contributed by atoms with E-state index in [0.29, 0.717) is 0 Å². The average Bonchev–Trinajstić information content (AvgIpc) is 2.86. The van der Waals surface area contributed by atoms with Gasteiger partial charge in [-0.15, -0.1) is 12.4 Å². The van der Waals surface area contributed by atoms with Crippen molar-refractivity contribution in [3.05, 3.63) is 88.9 Å². The van der Waals surface area contributed by atoms with Gasteiger partial charge in [-0.2, -0.15) is 0 Å². The van der Waals surface area contributed by atoms with Crippen molar-refractivity contribution in [1.82, 2.24) is 4.90 Å². The molecule has 0 spiro atoms. The van der Waals surface area contributed by atoms with E-state index in [-0.39, 0.29) is 12.4 Å². The number of piperazine rings is 1. The number of ether oxygens (including phenoxy) is 2. The topological polar surface area (TPSA) is 24.9 Å². The van der Waals surface area contributed by atoms with Crippen LogP contribution >= 0.6 is 24.0 Å². The Morgan fingerprint density at radius 3 is 2.44 bits per heavy atom. The van der Waals surface area contributed by atoms with Crippen LogP contribution in [-0.2, 0) is 12.8 Å². The highest BCUT2D eigenvalue weighted by molar-refractivity contribution is 6.30. The van der Waals surface area contributed by atoms with Crippen molar-refractivity contribution < 1.29 is 9.47 Å². The first-order valence-electron chi connectivity index (χ1n) is 11.8. The number of aryl methyl sites for hydroxylation is 2. The SMILES string of the molecule is COc1cccc(CCc2ccccc2OCCCN2CCN(c3cccc(Cl)c3)CC2)c1.Cl. The van der Waals surface area contributed by atoms with Crippen LogP contribution in [0.4, 0.5) is 5.69 Å². The highest BCUT2D eigenvalue weighted by Gasteiger charge is 2.17. The molecule has 0 unspecified atom stereocenters. The predicted octanol–water partition coefficient (Wildman–Crippen LogP) is 6.15. The Hall–Kier alpha value is -2.40. The number of halogens is 2. The van der Waals surface area contributed by atoms with Gasteiger partial charge < -0.3 is 14.4 Å². The van der Waals surface area contributed by atoms with Gasteiger partial charge in [0.2, 0.25) is 0 Å². The zero-order chi connectivity index (χ0) is 22.9. The third-order valence-electron chi connectivity index (χ3n) is 6.21. The fourth-order valence-electron chi connectivity index (χ4n) is 4.33. The Balaban J connectivity index is 0.00000324. The molecule has 1 aliphatic rings. The van der Waals surface area contributed by atoms with Crippen molar-refractivity contribution in [3.8, 4) is 11.5 Å². The van der Waals surface area contributed by atoms with Gasteiger partial charge in [0.15, 0.2) is 0 Å². The normalized spacial score (nSPS) is 13.9. The summed E-state index contributed by atoms with van der Waals surface area (Å²) in [5.74, 6) is 1.91. The maximum Gasteiger partial charge on any atom is 0.122 e. The van der Waals surface area contributed by atoms with Gasteiger partial charge in [-0.05, 0) is 66.8 Å². The van der Waals surface area contributed by atoms with Crippen LogP contribution in [0.25, 0.3) is 0 Å². The van der Waals surface area contributed by atoms with E-state index in [0.717, 1.165) is 75.1 Å². The first-order valence-corrected chi connectivity index (χ1v) is 12.2. The van der Waals surface area contributed by atoms with Crippen LogP contribution in [0.3, 0.4) is 0 Å². The summed E-state index contributed by atoms with van der Waals surface area (Å²) in [6, 6.07) is 24.8. The van der Waals surface area contributed by atoms with Gasteiger partial charge in [0.05, 0.1) is 13.7 Å². The summed E-state index contributed by atoms with van der Waals surface area (Å²) in [5.41, 5.74) is 3.76. The van der Waals surface area contributed by atoms with Crippen molar-refractivity contribution in [3.63, 3.8) is 0 Å². The monoisotopic (exact) mass is 500 g/mol. The summed E-state index contributed by atoms with van der Waals surface area (Å²) in [7, 11) is 1.71. The minimum atomic E-state index is 0. The van der Waals surface area contributed by atoms with Gasteiger partial charge >= 0.3 is 0 Å². The van der Waals surface area contributed by atoms with Gasteiger partial charge in [0.1, 0.15) is 11.5 Å². The molecular weight excluding hydrogens is 467 g/mol. The summed E-state index contributed by atoms with van der Waals surface area (Å²) in [6.07, 6.45) is 2.95. The highest BCUT2D eigenvalue weighted by atomic mass is 35.5. The molecule has 0 aromatic heterocycles. The number of anilines is 1. The van der Waals surface area contributed by atoms with E-state index in [9.17, 15) is 0 Å². The van der Waals surface area contributed by atoms with E-state index in [2.05, 4.69) is 58.3 Å². The average molecular weight is 501 g/mol. The van der Waals surface area contributed by atoms with Gasteiger partial charge in [0, 0.05) is 43.4 Å². The molecule has 182 valence electrons. The second-order valence-electron chi connectivity index (χ2n) is 8.47. The second-order valence-corrected chi connectivity index (χ2v) is 8.91. The quantitative estimate of drug-likeness (QED) is 0.311. The molecule has 0 bridgehead atoms. The minimum Gasteiger partial charge on any atom is -0.497 e. The second kappa shape index (κ2) is 13.5. The number of para-hydroxylation sites is 1.